The maximum atomic E-state index is 12.6. The van der Waals surface area contributed by atoms with Crippen molar-refractivity contribution in [1.29, 1.82) is 0 Å². The second-order valence-corrected chi connectivity index (χ2v) is 8.25. The van der Waals surface area contributed by atoms with Crippen LogP contribution < -0.4 is 10.0 Å². The van der Waals surface area contributed by atoms with Gasteiger partial charge in [0.05, 0.1) is 0 Å². The molecule has 5 nitrogen and oxygen atoms in total. The van der Waals surface area contributed by atoms with Crippen LogP contribution in [-0.4, -0.2) is 46.0 Å². The van der Waals surface area contributed by atoms with Gasteiger partial charge in [-0.1, -0.05) is 6.92 Å². The number of likely N-dealkylation sites (N-methyl/N-ethyl adjacent to an activating group) is 1. The molecule has 7 heteroatoms. The summed E-state index contributed by atoms with van der Waals surface area (Å²) < 4.78 is 28.0. The third kappa shape index (κ3) is 4.04. The summed E-state index contributed by atoms with van der Waals surface area (Å²) in [4.78, 5) is 3.58. The first-order valence-corrected chi connectivity index (χ1v) is 9.79. The van der Waals surface area contributed by atoms with E-state index in [1.807, 2.05) is 19.2 Å². The van der Waals surface area contributed by atoms with Crippen molar-refractivity contribution in [2.45, 2.75) is 44.2 Å². The Kier molecular flexibility index (Phi) is 5.79. The van der Waals surface area contributed by atoms with E-state index in [1.54, 1.807) is 0 Å². The van der Waals surface area contributed by atoms with Crippen molar-refractivity contribution in [1.82, 2.24) is 14.9 Å². The van der Waals surface area contributed by atoms with Crippen LogP contribution in [0.4, 0.5) is 0 Å². The van der Waals surface area contributed by atoms with Gasteiger partial charge in [0.1, 0.15) is 4.90 Å². The number of rotatable bonds is 7. The fourth-order valence-electron chi connectivity index (χ4n) is 2.72. The molecule has 1 aromatic rings. The van der Waals surface area contributed by atoms with Gasteiger partial charge in [0.2, 0.25) is 10.0 Å². The molecular weight excluding hydrogens is 306 g/mol. The molecule has 1 aromatic heterocycles. The number of hydrogen-bond donors (Lipinski definition) is 2. The van der Waals surface area contributed by atoms with E-state index >= 15 is 0 Å². The molecule has 120 valence electrons. The monoisotopic (exact) mass is 331 g/mol. The number of hydrogen-bond acceptors (Lipinski definition) is 5. The fraction of sp³-hybridized carbons (Fsp3) is 0.714. The molecule has 2 heterocycles. The molecule has 1 fully saturated rings. The lowest BCUT2D eigenvalue weighted by Gasteiger charge is -2.20. The van der Waals surface area contributed by atoms with E-state index in [9.17, 15) is 8.42 Å². The Hall–Kier alpha value is -0.470. The third-order valence-electron chi connectivity index (χ3n) is 3.97. The van der Waals surface area contributed by atoms with Crippen LogP contribution in [0.15, 0.2) is 10.3 Å². The Labute approximate surface area is 131 Å². The van der Waals surface area contributed by atoms with Gasteiger partial charge in [-0.05, 0) is 50.8 Å². The van der Waals surface area contributed by atoms with E-state index in [-0.39, 0.29) is 0 Å². The Balaban J connectivity index is 2.09. The van der Waals surface area contributed by atoms with Crippen LogP contribution in [0.25, 0.3) is 0 Å². The van der Waals surface area contributed by atoms with E-state index in [4.69, 9.17) is 0 Å². The van der Waals surface area contributed by atoms with Gasteiger partial charge in [-0.15, -0.1) is 11.3 Å². The maximum absolute atomic E-state index is 12.6. The van der Waals surface area contributed by atoms with Crippen LogP contribution in [0.2, 0.25) is 0 Å². The Morgan fingerprint density at radius 2 is 2.24 bits per heavy atom. The second-order valence-electron chi connectivity index (χ2n) is 5.58. The molecule has 1 unspecified atom stereocenters. The van der Waals surface area contributed by atoms with Gasteiger partial charge < -0.3 is 10.2 Å². The van der Waals surface area contributed by atoms with Gasteiger partial charge in [-0.2, -0.15) is 0 Å². The molecule has 1 aliphatic rings. The van der Waals surface area contributed by atoms with Gasteiger partial charge in [-0.25, -0.2) is 13.1 Å². The second kappa shape index (κ2) is 7.19. The number of sulfonamides is 1. The molecule has 2 N–H and O–H groups in total. The zero-order valence-corrected chi connectivity index (χ0v) is 14.6. The normalized spacial score (nSPS) is 20.2. The molecule has 1 aliphatic heterocycles. The molecule has 2 rings (SSSR count). The summed E-state index contributed by atoms with van der Waals surface area (Å²) in [7, 11) is -1.37. The highest BCUT2D eigenvalue weighted by atomic mass is 32.2. The average molecular weight is 332 g/mol. The first kappa shape index (κ1) is 16.9. The van der Waals surface area contributed by atoms with Crippen LogP contribution in [0.1, 0.15) is 30.2 Å². The first-order chi connectivity index (χ1) is 9.95. The summed E-state index contributed by atoms with van der Waals surface area (Å²) in [6, 6.07) is 0.316. The predicted octanol–water partition coefficient (Wildman–Crippen LogP) is 1.54. The molecule has 0 aromatic carbocycles. The summed E-state index contributed by atoms with van der Waals surface area (Å²) in [5.74, 6) is 0. The summed E-state index contributed by atoms with van der Waals surface area (Å²) >= 11 is 1.51. The number of nitrogens with zero attached hydrogens (tertiary/aromatic N) is 1. The third-order valence-corrected chi connectivity index (χ3v) is 6.86. The standard InChI is InChI=1S/C14H25N3O2S2/c1-4-15-9-13-14(11(2)10-20-13)21(18,19)16-8-12-6-5-7-17(12)3/h10,12,15-16H,4-9H2,1-3H3. The lowest BCUT2D eigenvalue weighted by atomic mass is 10.2. The summed E-state index contributed by atoms with van der Waals surface area (Å²) in [5.41, 5.74) is 0.833. The molecule has 0 saturated carbocycles. The first-order valence-electron chi connectivity index (χ1n) is 7.43. The minimum absolute atomic E-state index is 0.316. The molecule has 21 heavy (non-hydrogen) atoms. The Morgan fingerprint density at radius 1 is 1.48 bits per heavy atom. The molecule has 0 bridgehead atoms. The molecular formula is C14H25N3O2S2. The van der Waals surface area contributed by atoms with Crippen molar-refractivity contribution in [3.8, 4) is 0 Å². The lowest BCUT2D eigenvalue weighted by Crippen LogP contribution is -2.38. The molecule has 0 aliphatic carbocycles. The van der Waals surface area contributed by atoms with Crippen LogP contribution in [0.5, 0.6) is 0 Å². The molecule has 1 atom stereocenters. The summed E-state index contributed by atoms with van der Waals surface area (Å²) in [6.45, 7) is 6.86. The molecule has 1 saturated heterocycles. The van der Waals surface area contributed by atoms with Crippen molar-refractivity contribution in [2.75, 3.05) is 26.7 Å². The van der Waals surface area contributed by atoms with Crippen LogP contribution in [0.3, 0.4) is 0 Å². The highest BCUT2D eigenvalue weighted by Crippen LogP contribution is 2.27. The largest absolute Gasteiger partial charge is 0.312 e. The quantitative estimate of drug-likeness (QED) is 0.796. The van der Waals surface area contributed by atoms with Crippen molar-refractivity contribution >= 4 is 21.4 Å². The van der Waals surface area contributed by atoms with E-state index in [0.717, 1.165) is 36.4 Å². The predicted molar refractivity (Wildman–Crippen MR) is 87.3 cm³/mol. The number of aryl methyl sites for hydroxylation is 1. The number of likely N-dealkylation sites (tertiary alicyclic amines) is 1. The minimum atomic E-state index is -3.43. The zero-order valence-electron chi connectivity index (χ0n) is 13.0. The van der Waals surface area contributed by atoms with E-state index in [1.165, 1.54) is 11.3 Å². The Morgan fingerprint density at radius 3 is 2.86 bits per heavy atom. The van der Waals surface area contributed by atoms with Crippen molar-refractivity contribution in [2.24, 2.45) is 0 Å². The van der Waals surface area contributed by atoms with Gasteiger partial charge in [-0.3, -0.25) is 0 Å². The van der Waals surface area contributed by atoms with Crippen molar-refractivity contribution < 1.29 is 8.42 Å². The van der Waals surface area contributed by atoms with Gasteiger partial charge in [0.25, 0.3) is 0 Å². The SMILES string of the molecule is CCNCc1scc(C)c1S(=O)(=O)NCC1CCCN1C. The lowest BCUT2D eigenvalue weighted by molar-refractivity contribution is 0.311. The minimum Gasteiger partial charge on any atom is -0.312 e. The molecule has 0 amide bonds. The van der Waals surface area contributed by atoms with Crippen molar-refractivity contribution in [3.63, 3.8) is 0 Å². The smallest absolute Gasteiger partial charge is 0.242 e. The van der Waals surface area contributed by atoms with E-state index in [0.29, 0.717) is 24.0 Å². The highest BCUT2D eigenvalue weighted by Gasteiger charge is 2.26. The van der Waals surface area contributed by atoms with E-state index < -0.39 is 10.0 Å². The van der Waals surface area contributed by atoms with Gasteiger partial charge in [0.15, 0.2) is 0 Å². The number of thiophene rings is 1. The van der Waals surface area contributed by atoms with Gasteiger partial charge >= 0.3 is 0 Å². The number of nitrogens with one attached hydrogen (secondary N) is 2. The van der Waals surface area contributed by atoms with E-state index in [2.05, 4.69) is 22.0 Å². The topological polar surface area (TPSA) is 61.4 Å². The zero-order chi connectivity index (χ0) is 15.5. The fourth-order valence-corrected chi connectivity index (χ4v) is 5.57. The summed E-state index contributed by atoms with van der Waals surface area (Å²) in [5, 5.41) is 5.12. The average Bonchev–Trinajstić information content (AvgIpc) is 3.00. The molecule has 0 radical (unpaired) electrons. The summed E-state index contributed by atoms with van der Waals surface area (Å²) in [6.07, 6.45) is 2.21. The maximum Gasteiger partial charge on any atom is 0.242 e. The van der Waals surface area contributed by atoms with Gasteiger partial charge in [0, 0.05) is 24.0 Å². The molecule has 0 spiro atoms. The van der Waals surface area contributed by atoms with Crippen LogP contribution in [-0.2, 0) is 16.6 Å². The highest BCUT2D eigenvalue weighted by molar-refractivity contribution is 7.89. The van der Waals surface area contributed by atoms with Crippen molar-refractivity contribution in [3.05, 3.63) is 15.8 Å². The Bertz CT molecular complexity index is 569. The van der Waals surface area contributed by atoms with Crippen LogP contribution in [0, 0.1) is 6.92 Å². The van der Waals surface area contributed by atoms with Crippen LogP contribution >= 0.6 is 11.3 Å².